The maximum Gasteiger partial charge on any atom is 0.335 e. The molecule has 0 radical (unpaired) electrons. The number of hydrogen-bond acceptors (Lipinski definition) is 12. The molecule has 4 N–H and O–H groups in total. The Hall–Kier alpha value is -3.26. The number of imidazole rings is 1. The number of hydrogen-bond donors (Lipinski definition) is 2. The van der Waals surface area contributed by atoms with Crippen molar-refractivity contribution in [1.82, 2.24) is 24.4 Å². The summed E-state index contributed by atoms with van der Waals surface area (Å²) >= 11 is 0. The first-order valence-corrected chi connectivity index (χ1v) is 22.7. The summed E-state index contributed by atoms with van der Waals surface area (Å²) in [5.41, 5.74) is 14.7. The SMILES string of the molecule is CC(C)[Si]1(C(C)C)OC[C@H]2O[C@@H](n3cnc4c(N)nc(N)nc43)C(OCCCCCCN3C(=O)c4ccccc4C3=O)C2O[Si](C(C)C)(C(C)C)O1. The quantitative estimate of drug-likeness (QED) is 0.117. The molecule has 6 rings (SSSR count). The molecule has 2 amide bonds. The Morgan fingerprint density at radius 2 is 1.48 bits per heavy atom. The Morgan fingerprint density at radius 1 is 0.865 bits per heavy atom. The van der Waals surface area contributed by atoms with Crippen molar-refractivity contribution in [3.05, 3.63) is 41.7 Å². The fourth-order valence-corrected chi connectivity index (χ4v) is 19.3. The van der Waals surface area contributed by atoms with E-state index in [2.05, 4.69) is 70.3 Å². The van der Waals surface area contributed by atoms with Crippen LogP contribution in [0.15, 0.2) is 30.6 Å². The second-order valence-corrected chi connectivity index (χ2v) is 24.3. The lowest BCUT2D eigenvalue weighted by Crippen LogP contribution is -2.66. The van der Waals surface area contributed by atoms with Gasteiger partial charge >= 0.3 is 17.1 Å². The van der Waals surface area contributed by atoms with Gasteiger partial charge in [0.15, 0.2) is 17.7 Å². The number of benzene rings is 1. The number of amides is 2. The minimum Gasteiger partial charge on any atom is -0.414 e. The zero-order valence-corrected chi connectivity index (χ0v) is 33.7. The largest absolute Gasteiger partial charge is 0.414 e. The monoisotopic (exact) mass is 753 g/mol. The molecule has 0 aliphatic carbocycles. The van der Waals surface area contributed by atoms with Gasteiger partial charge in [0.25, 0.3) is 11.8 Å². The number of ether oxygens (including phenoxy) is 2. The molecule has 0 bridgehead atoms. The zero-order valence-electron chi connectivity index (χ0n) is 31.7. The molecule has 2 saturated heterocycles. The minimum absolute atomic E-state index is 0.0399. The van der Waals surface area contributed by atoms with Gasteiger partial charge in [0.05, 0.1) is 24.1 Å². The third-order valence-corrected chi connectivity index (χ3v) is 21.1. The Bertz CT molecular complexity index is 1720. The molecule has 3 aliphatic heterocycles. The summed E-state index contributed by atoms with van der Waals surface area (Å²) in [5.74, 6) is -0.212. The maximum atomic E-state index is 12.8. The highest BCUT2D eigenvalue weighted by Crippen LogP contribution is 2.49. The van der Waals surface area contributed by atoms with Gasteiger partial charge in [0.2, 0.25) is 5.95 Å². The molecule has 4 atom stereocenters. The zero-order chi connectivity index (χ0) is 37.5. The van der Waals surface area contributed by atoms with Crippen molar-refractivity contribution in [3.63, 3.8) is 0 Å². The van der Waals surface area contributed by atoms with Crippen molar-refractivity contribution in [2.24, 2.45) is 0 Å². The number of imide groups is 1. The molecular formula is C36H55N7O7Si2. The highest BCUT2D eigenvalue weighted by Gasteiger charge is 2.62. The van der Waals surface area contributed by atoms with Gasteiger partial charge in [-0.3, -0.25) is 19.1 Å². The lowest BCUT2D eigenvalue weighted by Gasteiger charge is -2.51. The molecule has 14 nitrogen and oxygen atoms in total. The number of nitrogens with zero attached hydrogens (tertiary/aromatic N) is 5. The van der Waals surface area contributed by atoms with Crippen molar-refractivity contribution < 1.29 is 32.0 Å². The van der Waals surface area contributed by atoms with Gasteiger partial charge in [-0.15, -0.1) is 0 Å². The minimum atomic E-state index is -2.98. The van der Waals surface area contributed by atoms with Gasteiger partial charge < -0.3 is 33.9 Å². The average molecular weight is 754 g/mol. The number of rotatable bonds is 13. The first-order chi connectivity index (χ1) is 24.7. The van der Waals surface area contributed by atoms with E-state index in [4.69, 9.17) is 33.9 Å². The molecule has 3 aromatic rings. The maximum absolute atomic E-state index is 12.8. The summed E-state index contributed by atoms with van der Waals surface area (Å²) in [4.78, 5) is 40.0. The molecule has 1 aromatic carbocycles. The van der Waals surface area contributed by atoms with E-state index in [1.54, 1.807) is 30.6 Å². The van der Waals surface area contributed by atoms with Crippen molar-refractivity contribution in [3.8, 4) is 0 Å². The normalized spacial score (nSPS) is 24.3. The highest BCUT2D eigenvalue weighted by atomic mass is 28.5. The van der Waals surface area contributed by atoms with Gasteiger partial charge in [-0.1, -0.05) is 80.4 Å². The van der Waals surface area contributed by atoms with Gasteiger partial charge in [0, 0.05) is 13.2 Å². The lowest BCUT2D eigenvalue weighted by atomic mass is 10.1. The van der Waals surface area contributed by atoms with Crippen LogP contribution in [0, 0.1) is 0 Å². The van der Waals surface area contributed by atoms with Crippen LogP contribution in [-0.4, -0.2) is 91.4 Å². The van der Waals surface area contributed by atoms with Gasteiger partial charge in [-0.05, 0) is 47.1 Å². The van der Waals surface area contributed by atoms with E-state index < -0.39 is 41.7 Å². The third-order valence-electron chi connectivity index (χ3n) is 10.8. The van der Waals surface area contributed by atoms with Crippen LogP contribution >= 0.6 is 0 Å². The Balaban J connectivity index is 1.22. The number of aromatic nitrogens is 4. The molecule has 2 aromatic heterocycles. The van der Waals surface area contributed by atoms with Crippen LogP contribution in [0.1, 0.15) is 108 Å². The summed E-state index contributed by atoms with van der Waals surface area (Å²) in [5, 5.41) is 0. The number of nitrogen functional groups attached to an aromatic ring is 2. The van der Waals surface area contributed by atoms with E-state index in [0.717, 1.165) is 19.3 Å². The topological polar surface area (TPSA) is 179 Å². The van der Waals surface area contributed by atoms with E-state index in [1.807, 2.05) is 4.57 Å². The molecule has 52 heavy (non-hydrogen) atoms. The van der Waals surface area contributed by atoms with Crippen LogP contribution in [0.25, 0.3) is 11.2 Å². The van der Waals surface area contributed by atoms with Gasteiger partial charge in [-0.25, -0.2) is 4.98 Å². The van der Waals surface area contributed by atoms with E-state index in [9.17, 15) is 9.59 Å². The Labute approximate surface area is 308 Å². The van der Waals surface area contributed by atoms with Crippen LogP contribution in [0.2, 0.25) is 22.2 Å². The number of anilines is 2. The second kappa shape index (κ2) is 15.2. The fourth-order valence-electron chi connectivity index (χ4n) is 8.05. The molecule has 0 spiro atoms. The van der Waals surface area contributed by atoms with E-state index >= 15 is 0 Å². The second-order valence-electron chi connectivity index (χ2n) is 15.5. The predicted octanol–water partition coefficient (Wildman–Crippen LogP) is 6.09. The summed E-state index contributed by atoms with van der Waals surface area (Å²) in [6.07, 6.45) is 2.65. The summed E-state index contributed by atoms with van der Waals surface area (Å²) in [7, 11) is -5.77. The molecule has 284 valence electrons. The number of fused-ring (bicyclic) bond motifs is 3. The lowest BCUT2D eigenvalue weighted by molar-refractivity contribution is -0.0698. The van der Waals surface area contributed by atoms with Crippen molar-refractivity contribution in [1.29, 1.82) is 0 Å². The van der Waals surface area contributed by atoms with Crippen molar-refractivity contribution in [2.45, 2.75) is 128 Å². The third kappa shape index (κ3) is 6.82. The standard InChI is InChI=1S/C36H55N7O7Si2/c1-21(2)51(22(3)4)47-19-27-29(49-52(50-51,23(5)6)24(7)8)30(35(48-27)43-20-39-28-31(37)40-36(38)41-32(28)43)46-18-14-10-9-13-17-42-33(44)25-15-11-12-16-26(25)34(42)45/h11-12,15-16,20-24,27,29-30,35H,9-10,13-14,17-19H2,1-8H3,(H4,37,38,40,41)/t27-,29?,30?,35-/m1/s1. The molecule has 3 aliphatic rings. The van der Waals surface area contributed by atoms with Crippen LogP contribution in [-0.2, 0) is 22.4 Å². The highest BCUT2D eigenvalue weighted by molar-refractivity contribution is 6.84. The fraction of sp³-hybridized carbons (Fsp3) is 0.639. The van der Waals surface area contributed by atoms with Crippen LogP contribution in [0.5, 0.6) is 0 Å². The molecule has 2 unspecified atom stereocenters. The smallest absolute Gasteiger partial charge is 0.335 e. The number of carbonyl (C=O) groups excluding carboxylic acids is 2. The van der Waals surface area contributed by atoms with Gasteiger partial charge in [-0.2, -0.15) is 9.97 Å². The van der Waals surface area contributed by atoms with Crippen LogP contribution in [0.3, 0.4) is 0 Å². The van der Waals surface area contributed by atoms with E-state index in [0.29, 0.717) is 48.5 Å². The van der Waals surface area contributed by atoms with Crippen molar-refractivity contribution in [2.75, 3.05) is 31.2 Å². The Morgan fingerprint density at radius 3 is 2.10 bits per heavy atom. The summed E-state index contributed by atoms with van der Waals surface area (Å²) in [6, 6.07) is 6.98. The first kappa shape index (κ1) is 38.5. The van der Waals surface area contributed by atoms with E-state index in [1.165, 1.54) is 4.90 Å². The molecule has 5 heterocycles. The first-order valence-electron chi connectivity index (χ1n) is 18.7. The summed E-state index contributed by atoms with van der Waals surface area (Å²) in [6.45, 7) is 18.7. The summed E-state index contributed by atoms with van der Waals surface area (Å²) < 4.78 is 37.3. The average Bonchev–Trinajstić information content (AvgIpc) is 3.72. The Kier molecular flexibility index (Phi) is 11.3. The number of unbranched alkanes of at least 4 members (excludes halogenated alkanes) is 3. The molecular weight excluding hydrogens is 699 g/mol. The van der Waals surface area contributed by atoms with Crippen LogP contribution in [0.4, 0.5) is 11.8 Å². The molecule has 16 heteroatoms. The molecule has 0 saturated carbocycles. The molecule has 2 fully saturated rings. The predicted molar refractivity (Wildman–Crippen MR) is 202 cm³/mol. The van der Waals surface area contributed by atoms with E-state index in [-0.39, 0.29) is 45.7 Å². The van der Waals surface area contributed by atoms with Crippen LogP contribution < -0.4 is 11.5 Å². The van der Waals surface area contributed by atoms with Gasteiger partial charge in [0.1, 0.15) is 23.8 Å². The number of carbonyl (C=O) groups is 2. The number of nitrogens with two attached hydrogens (primary N) is 2. The van der Waals surface area contributed by atoms with Crippen molar-refractivity contribution >= 4 is 51.9 Å².